The number of benzene rings is 3. The van der Waals surface area contributed by atoms with Crippen molar-refractivity contribution in [1.29, 1.82) is 0 Å². The molecule has 0 bridgehead atoms. The molecule has 0 N–H and O–H groups in total. The Kier molecular flexibility index (Phi) is 13.5. The molecule has 0 saturated heterocycles. The van der Waals surface area contributed by atoms with Gasteiger partial charge in [-0.05, 0) is 118 Å². The standard InChI is InChI=1S/C46H66O6/c1-17-29(2)33-25-35(39(37(27-33)43(5,6)7)49-41(47)51-45(11,12)13)36-26-34(31(4)24-23-30(3)32-21-19-18-20-22-32)28-38(44(8,9)10)40(36)50-42(48)52-46(14,15)16/h18-22,25-31H,17,23-24H2,1-16H3. The summed E-state index contributed by atoms with van der Waals surface area (Å²) in [4.78, 5) is 27.0. The van der Waals surface area contributed by atoms with Gasteiger partial charge in [-0.1, -0.05) is 112 Å². The molecule has 0 aliphatic carbocycles. The number of hydrogen-bond acceptors (Lipinski definition) is 6. The fraction of sp³-hybridized carbons (Fsp3) is 0.565. The smallest absolute Gasteiger partial charge is 0.428 e. The van der Waals surface area contributed by atoms with Crippen molar-refractivity contribution < 1.29 is 28.5 Å². The number of rotatable bonds is 10. The van der Waals surface area contributed by atoms with Gasteiger partial charge >= 0.3 is 12.3 Å². The van der Waals surface area contributed by atoms with Gasteiger partial charge in [0.1, 0.15) is 22.7 Å². The molecule has 3 atom stereocenters. The second-order valence-corrected chi connectivity index (χ2v) is 18.6. The van der Waals surface area contributed by atoms with E-state index in [0.717, 1.165) is 41.5 Å². The summed E-state index contributed by atoms with van der Waals surface area (Å²) in [5.41, 5.74) is 4.27. The van der Waals surface area contributed by atoms with Crippen molar-refractivity contribution in [2.45, 2.75) is 170 Å². The fourth-order valence-corrected chi connectivity index (χ4v) is 6.16. The summed E-state index contributed by atoms with van der Waals surface area (Å²) in [5.74, 6) is 1.58. The Hall–Kier alpha value is -3.80. The first-order valence-corrected chi connectivity index (χ1v) is 19.0. The SMILES string of the molecule is CCC(C)c1cc(-c2cc(C(C)CCC(C)c3ccccc3)cc(C(C)(C)C)c2OC(=O)OC(C)(C)C)c(OC(=O)OC(C)(C)C)c(C(C)(C)C)c1. The highest BCUT2D eigenvalue weighted by molar-refractivity contribution is 5.85. The van der Waals surface area contributed by atoms with Crippen molar-refractivity contribution >= 4 is 12.3 Å². The minimum absolute atomic E-state index is 0.177. The van der Waals surface area contributed by atoms with Crippen LogP contribution in [-0.2, 0) is 20.3 Å². The van der Waals surface area contributed by atoms with E-state index in [1.165, 1.54) is 5.56 Å². The number of carbonyl (C=O) groups excluding carboxylic acids is 2. The molecule has 52 heavy (non-hydrogen) atoms. The largest absolute Gasteiger partial charge is 0.514 e. The minimum Gasteiger partial charge on any atom is -0.428 e. The molecule has 3 aromatic carbocycles. The van der Waals surface area contributed by atoms with E-state index in [1.807, 2.05) is 41.5 Å². The summed E-state index contributed by atoms with van der Waals surface area (Å²) >= 11 is 0. The van der Waals surface area contributed by atoms with Gasteiger partial charge in [0.05, 0.1) is 0 Å². The van der Waals surface area contributed by atoms with Crippen LogP contribution in [0.5, 0.6) is 11.5 Å². The van der Waals surface area contributed by atoms with Crippen LogP contribution in [0.2, 0.25) is 0 Å². The van der Waals surface area contributed by atoms with Crippen LogP contribution in [0, 0.1) is 0 Å². The average Bonchev–Trinajstić information content (AvgIpc) is 3.00. The molecule has 0 fully saturated rings. The van der Waals surface area contributed by atoms with Gasteiger partial charge in [0.25, 0.3) is 0 Å². The van der Waals surface area contributed by atoms with Crippen molar-refractivity contribution in [1.82, 2.24) is 0 Å². The highest BCUT2D eigenvalue weighted by atomic mass is 16.7. The highest BCUT2D eigenvalue weighted by Gasteiger charge is 2.33. The summed E-state index contributed by atoms with van der Waals surface area (Å²) in [6.45, 7) is 32.5. The van der Waals surface area contributed by atoms with Crippen molar-refractivity contribution in [3.05, 3.63) is 82.4 Å². The third kappa shape index (κ3) is 11.9. The number of ether oxygens (including phenoxy) is 4. The Morgan fingerprint density at radius 1 is 0.538 bits per heavy atom. The fourth-order valence-electron chi connectivity index (χ4n) is 6.16. The third-order valence-corrected chi connectivity index (χ3v) is 9.43. The van der Waals surface area contributed by atoms with Crippen LogP contribution in [0.15, 0.2) is 54.6 Å². The maximum atomic E-state index is 13.5. The predicted octanol–water partition coefficient (Wildman–Crippen LogP) is 13.8. The van der Waals surface area contributed by atoms with Crippen LogP contribution in [0.4, 0.5) is 9.59 Å². The second kappa shape index (κ2) is 16.5. The van der Waals surface area contributed by atoms with Gasteiger partial charge in [-0.2, -0.15) is 0 Å². The van der Waals surface area contributed by atoms with Gasteiger partial charge in [0.15, 0.2) is 0 Å². The molecule has 0 aromatic heterocycles. The van der Waals surface area contributed by atoms with Gasteiger partial charge in [0, 0.05) is 22.3 Å². The zero-order valence-electron chi connectivity index (χ0n) is 35.0. The molecule has 6 heteroatoms. The van der Waals surface area contributed by atoms with Crippen LogP contribution in [0.25, 0.3) is 11.1 Å². The topological polar surface area (TPSA) is 71.1 Å². The summed E-state index contributed by atoms with van der Waals surface area (Å²) in [6.07, 6.45) is 1.29. The Labute approximate surface area is 315 Å². The molecule has 0 amide bonds. The Morgan fingerprint density at radius 3 is 1.25 bits per heavy atom. The first-order chi connectivity index (χ1) is 23.8. The minimum atomic E-state index is -0.791. The third-order valence-electron chi connectivity index (χ3n) is 9.43. The maximum absolute atomic E-state index is 13.5. The zero-order valence-corrected chi connectivity index (χ0v) is 35.0. The van der Waals surface area contributed by atoms with Crippen LogP contribution in [0.3, 0.4) is 0 Å². The number of hydrogen-bond donors (Lipinski definition) is 0. The molecule has 0 spiro atoms. The molecular weight excluding hydrogens is 649 g/mol. The predicted molar refractivity (Wildman–Crippen MR) is 214 cm³/mol. The summed E-state index contributed by atoms with van der Waals surface area (Å²) in [6, 6.07) is 19.2. The van der Waals surface area contributed by atoms with Crippen molar-refractivity contribution in [2.75, 3.05) is 0 Å². The molecule has 0 saturated carbocycles. The first-order valence-electron chi connectivity index (χ1n) is 19.0. The first kappa shape index (κ1) is 42.6. The van der Waals surface area contributed by atoms with E-state index in [-0.39, 0.29) is 11.8 Å². The van der Waals surface area contributed by atoms with Crippen LogP contribution in [-0.4, -0.2) is 23.5 Å². The van der Waals surface area contributed by atoms with E-state index in [1.54, 1.807) is 0 Å². The lowest BCUT2D eigenvalue weighted by Gasteiger charge is -2.30. The van der Waals surface area contributed by atoms with E-state index < -0.39 is 34.3 Å². The Bertz CT molecular complexity index is 1680. The zero-order chi connectivity index (χ0) is 39.4. The Balaban J connectivity index is 2.43. The van der Waals surface area contributed by atoms with E-state index in [2.05, 4.69) is 124 Å². The van der Waals surface area contributed by atoms with Crippen molar-refractivity contribution in [3.63, 3.8) is 0 Å². The molecule has 0 radical (unpaired) electrons. The van der Waals surface area contributed by atoms with Gasteiger partial charge in [0.2, 0.25) is 0 Å². The monoisotopic (exact) mass is 714 g/mol. The quantitative estimate of drug-likeness (QED) is 0.154. The van der Waals surface area contributed by atoms with Gasteiger partial charge in [-0.15, -0.1) is 0 Å². The van der Waals surface area contributed by atoms with E-state index in [4.69, 9.17) is 18.9 Å². The Morgan fingerprint density at radius 2 is 0.904 bits per heavy atom. The van der Waals surface area contributed by atoms with Gasteiger partial charge in [-0.25, -0.2) is 9.59 Å². The lowest BCUT2D eigenvalue weighted by molar-refractivity contribution is 0.0186. The van der Waals surface area contributed by atoms with Crippen LogP contribution in [0.1, 0.15) is 176 Å². The van der Waals surface area contributed by atoms with Gasteiger partial charge < -0.3 is 18.9 Å². The molecule has 0 heterocycles. The van der Waals surface area contributed by atoms with E-state index >= 15 is 0 Å². The lowest BCUT2D eigenvalue weighted by atomic mass is 9.78. The molecule has 6 nitrogen and oxygen atoms in total. The highest BCUT2D eigenvalue weighted by Crippen LogP contribution is 2.49. The van der Waals surface area contributed by atoms with E-state index in [9.17, 15) is 9.59 Å². The molecule has 3 aromatic rings. The molecular formula is C46H66O6. The van der Waals surface area contributed by atoms with Crippen molar-refractivity contribution in [2.24, 2.45) is 0 Å². The van der Waals surface area contributed by atoms with Gasteiger partial charge in [-0.3, -0.25) is 0 Å². The van der Waals surface area contributed by atoms with Crippen molar-refractivity contribution in [3.8, 4) is 22.6 Å². The molecule has 0 aliphatic rings. The number of carbonyl (C=O) groups is 2. The normalized spacial score (nSPS) is 14.3. The summed E-state index contributed by atoms with van der Waals surface area (Å²) < 4.78 is 24.0. The molecule has 3 unspecified atom stereocenters. The molecule has 286 valence electrons. The lowest BCUT2D eigenvalue weighted by Crippen LogP contribution is -2.28. The molecule has 0 aliphatic heterocycles. The summed E-state index contributed by atoms with van der Waals surface area (Å²) in [5, 5.41) is 0. The second-order valence-electron chi connectivity index (χ2n) is 18.6. The summed E-state index contributed by atoms with van der Waals surface area (Å²) in [7, 11) is 0. The average molecular weight is 715 g/mol. The van der Waals surface area contributed by atoms with Crippen LogP contribution >= 0.6 is 0 Å². The van der Waals surface area contributed by atoms with Crippen LogP contribution < -0.4 is 9.47 Å². The van der Waals surface area contributed by atoms with E-state index in [0.29, 0.717) is 28.5 Å². The molecule has 3 rings (SSSR count). The maximum Gasteiger partial charge on any atom is 0.514 e.